The number of aryl methyl sites for hydroxylation is 1. The van der Waals surface area contributed by atoms with Crippen LogP contribution < -0.4 is 5.32 Å². The highest BCUT2D eigenvalue weighted by molar-refractivity contribution is 5.83. The van der Waals surface area contributed by atoms with Gasteiger partial charge in [-0.3, -0.25) is 4.79 Å². The second-order valence-corrected chi connectivity index (χ2v) is 5.85. The van der Waals surface area contributed by atoms with E-state index >= 15 is 0 Å². The van der Waals surface area contributed by atoms with E-state index in [4.69, 9.17) is 4.52 Å². The van der Waals surface area contributed by atoms with Crippen molar-refractivity contribution in [3.63, 3.8) is 0 Å². The van der Waals surface area contributed by atoms with E-state index in [1.807, 2.05) is 44.2 Å². The average molecular weight is 331 g/mol. The molecule has 1 amide bonds. The molecule has 0 unspecified atom stereocenters. The van der Waals surface area contributed by atoms with Crippen LogP contribution in [0.4, 0.5) is 0 Å². The van der Waals surface area contributed by atoms with Gasteiger partial charge < -0.3 is 14.9 Å². The Labute approximate surface area is 140 Å². The first kappa shape index (κ1) is 17.7. The van der Waals surface area contributed by atoms with E-state index in [1.165, 1.54) is 0 Å². The first-order valence-electron chi connectivity index (χ1n) is 7.84. The molecule has 1 heterocycles. The number of aromatic nitrogens is 2. The van der Waals surface area contributed by atoms with Gasteiger partial charge in [0.1, 0.15) is 6.04 Å². The number of hydrogen-bond acceptors (Lipinski definition) is 5. The minimum atomic E-state index is -1.06. The zero-order valence-electron chi connectivity index (χ0n) is 13.7. The molecule has 2 N–H and O–H groups in total. The van der Waals surface area contributed by atoms with Gasteiger partial charge in [0.2, 0.25) is 11.8 Å². The van der Waals surface area contributed by atoms with Gasteiger partial charge in [-0.05, 0) is 5.56 Å². The molecule has 128 valence electrons. The van der Waals surface area contributed by atoms with Crippen molar-refractivity contribution in [2.24, 2.45) is 0 Å². The fourth-order valence-corrected chi connectivity index (χ4v) is 2.14. The number of hydrogen-bond donors (Lipinski definition) is 2. The van der Waals surface area contributed by atoms with Gasteiger partial charge in [0.15, 0.2) is 5.82 Å². The highest BCUT2D eigenvalue weighted by atomic mass is 16.5. The fraction of sp³-hybridized carbons (Fsp3) is 0.412. The number of benzene rings is 1. The Morgan fingerprint density at radius 2 is 1.96 bits per heavy atom. The van der Waals surface area contributed by atoms with Crippen molar-refractivity contribution >= 4 is 11.9 Å². The molecule has 1 aromatic heterocycles. The van der Waals surface area contributed by atoms with Crippen LogP contribution in [0.5, 0.6) is 0 Å². The number of nitrogens with zero attached hydrogens (tertiary/aromatic N) is 2. The Hall–Kier alpha value is -2.70. The molecule has 7 nitrogen and oxygen atoms in total. The number of aliphatic carboxylic acids is 1. The van der Waals surface area contributed by atoms with Crippen LogP contribution >= 0.6 is 0 Å². The maximum atomic E-state index is 12.0. The topological polar surface area (TPSA) is 105 Å². The van der Waals surface area contributed by atoms with Gasteiger partial charge in [0.05, 0.1) is 0 Å². The summed E-state index contributed by atoms with van der Waals surface area (Å²) in [5, 5.41) is 15.6. The summed E-state index contributed by atoms with van der Waals surface area (Å²) in [4.78, 5) is 27.5. The van der Waals surface area contributed by atoms with Gasteiger partial charge in [-0.25, -0.2) is 4.79 Å². The van der Waals surface area contributed by atoms with E-state index in [0.717, 1.165) is 5.56 Å². The van der Waals surface area contributed by atoms with E-state index in [2.05, 4.69) is 15.5 Å². The van der Waals surface area contributed by atoms with Crippen molar-refractivity contribution in [1.29, 1.82) is 0 Å². The molecule has 24 heavy (non-hydrogen) atoms. The minimum Gasteiger partial charge on any atom is -0.480 e. The first-order valence-corrected chi connectivity index (χ1v) is 7.84. The molecule has 0 spiro atoms. The van der Waals surface area contributed by atoms with E-state index < -0.39 is 12.0 Å². The molecule has 0 fully saturated rings. The van der Waals surface area contributed by atoms with Crippen LogP contribution in [-0.2, 0) is 22.4 Å². The third-order valence-corrected chi connectivity index (χ3v) is 3.48. The molecule has 0 radical (unpaired) electrons. The molecule has 0 aliphatic heterocycles. The lowest BCUT2D eigenvalue weighted by atomic mass is 10.1. The van der Waals surface area contributed by atoms with Crippen molar-refractivity contribution in [2.45, 2.75) is 45.1 Å². The summed E-state index contributed by atoms with van der Waals surface area (Å²) >= 11 is 0. The molecule has 0 saturated carbocycles. The lowest BCUT2D eigenvalue weighted by Crippen LogP contribution is -2.42. The predicted octanol–water partition coefficient (Wildman–Crippen LogP) is 1.94. The average Bonchev–Trinajstić information content (AvgIpc) is 3.02. The third kappa shape index (κ3) is 5.19. The van der Waals surface area contributed by atoms with Gasteiger partial charge >= 0.3 is 5.97 Å². The van der Waals surface area contributed by atoms with Crippen molar-refractivity contribution in [3.8, 4) is 0 Å². The van der Waals surface area contributed by atoms with Crippen molar-refractivity contribution < 1.29 is 19.2 Å². The Bertz CT molecular complexity index is 682. The van der Waals surface area contributed by atoms with Gasteiger partial charge in [0, 0.05) is 25.2 Å². The van der Waals surface area contributed by atoms with Crippen LogP contribution in [0.15, 0.2) is 34.9 Å². The van der Waals surface area contributed by atoms with E-state index in [0.29, 0.717) is 11.7 Å². The van der Waals surface area contributed by atoms with Crippen LogP contribution in [0.3, 0.4) is 0 Å². The van der Waals surface area contributed by atoms with Crippen molar-refractivity contribution in [2.75, 3.05) is 0 Å². The highest BCUT2D eigenvalue weighted by Gasteiger charge is 2.20. The summed E-state index contributed by atoms with van der Waals surface area (Å²) < 4.78 is 5.07. The van der Waals surface area contributed by atoms with Gasteiger partial charge in [-0.1, -0.05) is 49.3 Å². The van der Waals surface area contributed by atoms with Crippen molar-refractivity contribution in [1.82, 2.24) is 15.5 Å². The fourth-order valence-electron chi connectivity index (χ4n) is 2.14. The zero-order chi connectivity index (χ0) is 17.5. The van der Waals surface area contributed by atoms with Crippen LogP contribution in [0.25, 0.3) is 0 Å². The number of carbonyl (C=O) groups is 2. The minimum absolute atomic E-state index is 0.0955. The first-order chi connectivity index (χ1) is 11.5. The summed E-state index contributed by atoms with van der Waals surface area (Å²) in [6.45, 7) is 3.89. The summed E-state index contributed by atoms with van der Waals surface area (Å²) in [6, 6.07) is 8.21. The number of carboxylic acids is 1. The maximum Gasteiger partial charge on any atom is 0.326 e. The number of amides is 1. The Morgan fingerprint density at radius 1 is 1.25 bits per heavy atom. The summed E-state index contributed by atoms with van der Waals surface area (Å²) in [5.74, 6) is -0.296. The predicted molar refractivity (Wildman–Crippen MR) is 86.4 cm³/mol. The van der Waals surface area contributed by atoms with Gasteiger partial charge in [-0.15, -0.1) is 0 Å². The number of carbonyl (C=O) groups excluding carboxylic acids is 1. The molecular weight excluding hydrogens is 310 g/mol. The normalized spacial score (nSPS) is 12.1. The second kappa shape index (κ2) is 8.24. The number of nitrogens with one attached hydrogen (secondary N) is 1. The molecule has 0 saturated heterocycles. The smallest absolute Gasteiger partial charge is 0.326 e. The van der Waals surface area contributed by atoms with Crippen LogP contribution in [0.2, 0.25) is 0 Å². The lowest BCUT2D eigenvalue weighted by molar-refractivity contribution is -0.141. The molecule has 2 rings (SSSR count). The molecule has 2 aromatic rings. The van der Waals surface area contributed by atoms with Crippen LogP contribution in [0.1, 0.15) is 43.5 Å². The highest BCUT2D eigenvalue weighted by Crippen LogP contribution is 2.11. The van der Waals surface area contributed by atoms with Crippen molar-refractivity contribution in [3.05, 3.63) is 47.6 Å². The Morgan fingerprint density at radius 3 is 2.54 bits per heavy atom. The maximum absolute atomic E-state index is 12.0. The van der Waals surface area contributed by atoms with Gasteiger partial charge in [0.25, 0.3) is 0 Å². The molecule has 0 bridgehead atoms. The summed E-state index contributed by atoms with van der Waals surface area (Å²) in [5.41, 5.74) is 0.851. The quantitative estimate of drug-likeness (QED) is 0.766. The molecule has 0 aliphatic carbocycles. The molecular formula is C17H21N3O4. The molecule has 1 aromatic carbocycles. The molecule has 7 heteroatoms. The lowest BCUT2D eigenvalue weighted by Gasteiger charge is -2.14. The monoisotopic (exact) mass is 331 g/mol. The molecule has 1 atom stereocenters. The van der Waals surface area contributed by atoms with Crippen LogP contribution in [0, 0.1) is 0 Å². The van der Waals surface area contributed by atoms with E-state index in [1.54, 1.807) is 0 Å². The SMILES string of the molecule is CC(C)c1noc(CCC(=O)N[C@H](Cc2ccccc2)C(=O)O)n1. The number of rotatable bonds is 8. The van der Waals surface area contributed by atoms with Gasteiger partial charge in [-0.2, -0.15) is 4.98 Å². The Kier molecular flexibility index (Phi) is 6.06. The summed E-state index contributed by atoms with van der Waals surface area (Å²) in [7, 11) is 0. The van der Waals surface area contributed by atoms with E-state index in [9.17, 15) is 14.7 Å². The zero-order valence-corrected chi connectivity index (χ0v) is 13.7. The summed E-state index contributed by atoms with van der Waals surface area (Å²) in [6.07, 6.45) is 0.613. The largest absolute Gasteiger partial charge is 0.480 e. The number of carboxylic acid groups (broad SMARTS) is 1. The molecule has 0 aliphatic rings. The second-order valence-electron chi connectivity index (χ2n) is 5.85. The third-order valence-electron chi connectivity index (χ3n) is 3.48. The van der Waals surface area contributed by atoms with E-state index in [-0.39, 0.29) is 31.1 Å². The Balaban J connectivity index is 1.87. The van der Waals surface area contributed by atoms with Crippen LogP contribution in [-0.4, -0.2) is 33.2 Å². The standard InChI is InChI=1S/C17H21N3O4/c1-11(2)16-19-15(24-20-16)9-8-14(21)18-13(17(22)23)10-12-6-4-3-5-7-12/h3-7,11,13H,8-10H2,1-2H3,(H,18,21)(H,22,23)/t13-/m1/s1.